The number of aromatic nitrogens is 4. The highest BCUT2D eigenvalue weighted by molar-refractivity contribution is 5.92. The summed E-state index contributed by atoms with van der Waals surface area (Å²) in [4.78, 5) is 16.2. The van der Waals surface area contributed by atoms with Crippen LogP contribution in [0.1, 0.15) is 32.2 Å². The molecule has 2 aromatic carbocycles. The Labute approximate surface area is 245 Å². The number of aromatic hydroxyl groups is 1. The van der Waals surface area contributed by atoms with Gasteiger partial charge in [-0.3, -0.25) is 0 Å². The lowest BCUT2D eigenvalue weighted by molar-refractivity contribution is 0.0597. The Morgan fingerprint density at radius 2 is 2.17 bits per heavy atom. The highest BCUT2D eigenvalue weighted by Gasteiger charge is 2.44. The largest absolute Gasteiger partial charge is 0.508 e. The van der Waals surface area contributed by atoms with Gasteiger partial charge in [0.2, 0.25) is 11.8 Å². The zero-order valence-corrected chi connectivity index (χ0v) is 22.2. The first-order valence-electron chi connectivity index (χ1n) is 16.2. The zero-order valence-electron chi connectivity index (χ0n) is 28.2. The number of ether oxygens (including phenoxy) is 2. The number of rotatable bonds is 8. The van der Waals surface area contributed by atoms with Crippen molar-refractivity contribution in [3.8, 4) is 24.0 Å². The van der Waals surface area contributed by atoms with Crippen LogP contribution in [-0.2, 0) is 11.3 Å². The number of nitrogens with zero attached hydrogens (tertiary/aromatic N) is 6. The summed E-state index contributed by atoms with van der Waals surface area (Å²) in [5.41, 5.74) is 0.437. The van der Waals surface area contributed by atoms with E-state index < -0.39 is 31.3 Å². The summed E-state index contributed by atoms with van der Waals surface area (Å²) >= 11 is 0. The van der Waals surface area contributed by atoms with Gasteiger partial charge in [0.25, 0.3) is 0 Å². The number of benzene rings is 2. The van der Waals surface area contributed by atoms with Gasteiger partial charge in [0, 0.05) is 38.7 Å². The molecule has 2 aromatic heterocycles. The van der Waals surface area contributed by atoms with E-state index in [0.717, 1.165) is 0 Å². The lowest BCUT2D eigenvalue weighted by Crippen LogP contribution is -2.34. The van der Waals surface area contributed by atoms with Gasteiger partial charge in [-0.05, 0) is 55.9 Å². The van der Waals surface area contributed by atoms with Crippen LogP contribution in [-0.4, -0.2) is 94.1 Å². The second kappa shape index (κ2) is 10.8. The Morgan fingerprint density at radius 1 is 1.32 bits per heavy atom. The molecule has 0 amide bonds. The Kier molecular flexibility index (Phi) is 5.48. The summed E-state index contributed by atoms with van der Waals surface area (Å²) in [6.07, 6.45) is 7.48. The molecule has 1 aliphatic heterocycles. The van der Waals surface area contributed by atoms with Gasteiger partial charge in [-0.15, -0.1) is 6.42 Å². The van der Waals surface area contributed by atoms with Crippen molar-refractivity contribution in [3.05, 3.63) is 47.5 Å². The molecule has 0 radical (unpaired) electrons. The number of halogens is 1. The minimum atomic E-state index is -2.83. The van der Waals surface area contributed by atoms with Crippen LogP contribution < -0.4 is 9.64 Å². The summed E-state index contributed by atoms with van der Waals surface area (Å²) in [6, 6.07) is 5.77. The number of β-amino-alcohol motifs (C(OH)–C–C–N with tert-alkyl or cyclic N) is 1. The quantitative estimate of drug-likeness (QED) is 0.311. The molecule has 4 aromatic rings. The Morgan fingerprint density at radius 3 is 2.95 bits per heavy atom. The van der Waals surface area contributed by atoms with Crippen molar-refractivity contribution in [2.75, 3.05) is 58.3 Å². The SMILES string of the molecule is [2H]C([2H])([2H])N(CC1(COc2nc(N3CCOCC(O)C3)nc3c2ncn3Cc2cc(O)cc3ccc(F)c(C#C)c23)CC1)C([2H])([2H])[2H]. The van der Waals surface area contributed by atoms with Crippen molar-refractivity contribution in [3.63, 3.8) is 0 Å². The third-order valence-electron chi connectivity index (χ3n) is 7.53. The van der Waals surface area contributed by atoms with Crippen LogP contribution in [0.3, 0.4) is 0 Å². The minimum absolute atomic E-state index is 0.0260. The first-order chi connectivity index (χ1) is 22.2. The fourth-order valence-electron chi connectivity index (χ4n) is 5.28. The van der Waals surface area contributed by atoms with E-state index in [1.807, 2.05) is 0 Å². The molecule has 1 unspecified atom stereocenters. The van der Waals surface area contributed by atoms with E-state index in [9.17, 15) is 14.6 Å². The molecule has 2 N–H and O–H groups in total. The number of hydrogen-bond donors (Lipinski definition) is 2. The molecular formula is C30H33FN6O4. The maximum absolute atomic E-state index is 14.7. The van der Waals surface area contributed by atoms with Crippen LogP contribution in [0.5, 0.6) is 11.6 Å². The third kappa shape index (κ3) is 5.51. The van der Waals surface area contributed by atoms with E-state index in [1.165, 1.54) is 30.6 Å². The van der Waals surface area contributed by atoms with Gasteiger partial charge >= 0.3 is 0 Å². The Hall–Kier alpha value is -3.98. The average Bonchev–Trinajstić information content (AvgIpc) is 3.71. The molecule has 6 rings (SSSR count). The van der Waals surface area contributed by atoms with Crippen molar-refractivity contribution in [1.82, 2.24) is 24.4 Å². The summed E-state index contributed by atoms with van der Waals surface area (Å²) < 4.78 is 74.7. The molecule has 2 fully saturated rings. The molecule has 1 saturated heterocycles. The smallest absolute Gasteiger partial charge is 0.247 e. The van der Waals surface area contributed by atoms with Crippen LogP contribution in [0.4, 0.5) is 10.3 Å². The minimum Gasteiger partial charge on any atom is -0.508 e. The number of phenols is 1. The second-order valence-electron chi connectivity index (χ2n) is 10.7. The molecule has 2 aliphatic rings. The third-order valence-corrected chi connectivity index (χ3v) is 7.53. The number of imidazole rings is 1. The van der Waals surface area contributed by atoms with Crippen LogP contribution in [0.15, 0.2) is 30.6 Å². The van der Waals surface area contributed by atoms with Gasteiger partial charge in [-0.2, -0.15) is 9.97 Å². The normalized spacial score (nSPS) is 21.3. The van der Waals surface area contributed by atoms with Crippen molar-refractivity contribution in [2.24, 2.45) is 5.41 Å². The highest BCUT2D eigenvalue weighted by atomic mass is 19.1. The number of phenolic OH excluding ortho intramolecular Hbond substituents is 1. The highest BCUT2D eigenvalue weighted by Crippen LogP contribution is 2.46. The van der Waals surface area contributed by atoms with Crippen LogP contribution in [0, 0.1) is 23.6 Å². The zero-order chi connectivity index (χ0) is 33.7. The molecule has 214 valence electrons. The molecule has 0 bridgehead atoms. The second-order valence-corrected chi connectivity index (χ2v) is 10.7. The van der Waals surface area contributed by atoms with Gasteiger partial charge in [0.15, 0.2) is 11.2 Å². The van der Waals surface area contributed by atoms with E-state index in [4.69, 9.17) is 29.1 Å². The first-order valence-corrected chi connectivity index (χ1v) is 13.2. The van der Waals surface area contributed by atoms with E-state index in [1.54, 1.807) is 9.47 Å². The Balaban J connectivity index is 1.39. The van der Waals surface area contributed by atoms with E-state index >= 15 is 0 Å². The summed E-state index contributed by atoms with van der Waals surface area (Å²) in [6.45, 7) is -4.84. The number of fused-ring (bicyclic) bond motifs is 2. The number of hydrogen-bond acceptors (Lipinski definition) is 9. The lowest BCUT2D eigenvalue weighted by atomic mass is 9.98. The predicted octanol–water partition coefficient (Wildman–Crippen LogP) is 2.77. The first kappa shape index (κ1) is 20.8. The van der Waals surface area contributed by atoms with Crippen molar-refractivity contribution < 1.29 is 32.3 Å². The van der Waals surface area contributed by atoms with E-state index in [0.29, 0.717) is 52.9 Å². The topological polar surface area (TPSA) is 109 Å². The molecule has 0 spiro atoms. The van der Waals surface area contributed by atoms with Crippen molar-refractivity contribution in [2.45, 2.75) is 25.5 Å². The van der Waals surface area contributed by atoms with Gasteiger partial charge in [0.1, 0.15) is 11.6 Å². The molecule has 11 heteroatoms. The van der Waals surface area contributed by atoms with E-state index in [-0.39, 0.29) is 61.5 Å². The summed E-state index contributed by atoms with van der Waals surface area (Å²) in [5, 5.41) is 21.9. The monoisotopic (exact) mass is 566 g/mol. The maximum Gasteiger partial charge on any atom is 0.247 e. The van der Waals surface area contributed by atoms with Gasteiger partial charge in [0.05, 0.1) is 44.4 Å². The number of terminal acetylenes is 1. The molecule has 1 aliphatic carbocycles. The molecule has 1 atom stereocenters. The van der Waals surface area contributed by atoms with Gasteiger partial charge in [-0.25, -0.2) is 9.37 Å². The maximum atomic E-state index is 14.7. The Bertz CT molecular complexity index is 1840. The van der Waals surface area contributed by atoms with E-state index in [2.05, 4.69) is 15.9 Å². The number of anilines is 1. The molecule has 1 saturated carbocycles. The van der Waals surface area contributed by atoms with Crippen LogP contribution in [0.2, 0.25) is 0 Å². The van der Waals surface area contributed by atoms with Gasteiger partial charge < -0.3 is 34.1 Å². The van der Waals surface area contributed by atoms with Crippen LogP contribution >= 0.6 is 0 Å². The molecule has 10 nitrogen and oxygen atoms in total. The fraction of sp³-hybridized carbons (Fsp3) is 0.433. The fourth-order valence-corrected chi connectivity index (χ4v) is 5.28. The van der Waals surface area contributed by atoms with Crippen LogP contribution in [0.25, 0.3) is 21.9 Å². The standard InChI is InChI=1S/C30H33FN6O4/c1-4-23-24(31)6-5-19-11-21(38)12-20(25(19)23)13-37-18-32-26-27(37)33-29(36-9-10-40-15-22(39)14-36)34-28(26)41-17-30(7-8-30)16-35(2)3/h1,5-6,11-12,18,22,38-39H,7-10,13-17H2,2-3H3/i2D3,3D3. The summed E-state index contributed by atoms with van der Waals surface area (Å²) in [7, 11) is 0. The predicted molar refractivity (Wildman–Crippen MR) is 153 cm³/mol. The van der Waals surface area contributed by atoms with Crippen molar-refractivity contribution >= 4 is 27.9 Å². The molecular weight excluding hydrogens is 527 g/mol. The average molecular weight is 567 g/mol. The molecule has 41 heavy (non-hydrogen) atoms. The summed E-state index contributed by atoms with van der Waals surface area (Å²) in [5.74, 6) is 2.09. The van der Waals surface area contributed by atoms with Crippen molar-refractivity contribution in [1.29, 1.82) is 0 Å². The number of aliphatic hydroxyl groups is 1. The lowest BCUT2D eigenvalue weighted by Gasteiger charge is -2.23. The number of aliphatic hydroxyl groups excluding tert-OH is 1. The molecule has 3 heterocycles. The van der Waals surface area contributed by atoms with Gasteiger partial charge in [-0.1, -0.05) is 12.0 Å².